The van der Waals surface area contributed by atoms with E-state index in [4.69, 9.17) is 0 Å². The van der Waals surface area contributed by atoms with E-state index < -0.39 is 0 Å². The van der Waals surface area contributed by atoms with Crippen molar-refractivity contribution in [2.24, 2.45) is 0 Å². The molecular formula is H3AlCoCrFeNi. The maximum absolute atomic E-state index is 0. The summed E-state index contributed by atoms with van der Waals surface area (Å²) in [6, 6.07) is 0. The van der Waals surface area contributed by atoms with Gasteiger partial charge in [-0.05, 0) is 0 Å². The first kappa shape index (κ1) is 49.2. The standard InChI is InChI=1S/Al.Co.Cr.Fe.Ni.3H. The molecular weight excluding hydrogens is 252 g/mol. The van der Waals surface area contributed by atoms with Crippen LogP contribution in [0.3, 0.4) is 0 Å². The van der Waals surface area contributed by atoms with Crippen LogP contribution < -0.4 is 0 Å². The van der Waals surface area contributed by atoms with Gasteiger partial charge in [-0.2, -0.15) is 0 Å². The van der Waals surface area contributed by atoms with Crippen LogP contribution in [0.1, 0.15) is 0 Å². The van der Waals surface area contributed by atoms with Crippen LogP contribution >= 0.6 is 0 Å². The Labute approximate surface area is 84.1 Å². The minimum atomic E-state index is 0. The quantitative estimate of drug-likeness (QED) is 0.478. The molecule has 0 saturated heterocycles. The Hall–Kier alpha value is 2.58. The van der Waals surface area contributed by atoms with Gasteiger partial charge in [0.15, 0.2) is 17.4 Å². The van der Waals surface area contributed by atoms with Crippen LogP contribution in [0.5, 0.6) is 0 Å². The molecule has 0 atom stereocenters. The molecule has 0 spiro atoms. The second kappa shape index (κ2) is 30.7. The van der Waals surface area contributed by atoms with Crippen molar-refractivity contribution in [2.75, 3.05) is 0 Å². The maximum Gasteiger partial charge on any atom is 0.187 e. The summed E-state index contributed by atoms with van der Waals surface area (Å²) < 4.78 is 0. The zero-order valence-corrected chi connectivity index (χ0v) is 5.82. The van der Waals surface area contributed by atoms with Crippen LogP contribution in [0.2, 0.25) is 0 Å². The summed E-state index contributed by atoms with van der Waals surface area (Å²) >= 11 is 0. The molecule has 0 aromatic carbocycles. The monoisotopic (exact) mass is 255 g/mol. The van der Waals surface area contributed by atoms with E-state index in [-0.39, 0.29) is 85.1 Å². The van der Waals surface area contributed by atoms with Crippen molar-refractivity contribution >= 4 is 17.4 Å². The minimum Gasteiger partial charge on any atom is 0 e. The van der Waals surface area contributed by atoms with Crippen LogP contribution in [0.15, 0.2) is 0 Å². The van der Waals surface area contributed by atoms with Gasteiger partial charge in [0.2, 0.25) is 0 Å². The van der Waals surface area contributed by atoms with Crippen LogP contribution in [-0.2, 0) is 67.7 Å². The van der Waals surface area contributed by atoms with Crippen LogP contribution in [0, 0.1) is 0 Å². The van der Waals surface area contributed by atoms with Crippen molar-refractivity contribution in [3.63, 3.8) is 0 Å². The van der Waals surface area contributed by atoms with Gasteiger partial charge in [-0.15, -0.1) is 0 Å². The summed E-state index contributed by atoms with van der Waals surface area (Å²) in [7, 11) is 0. The largest absolute Gasteiger partial charge is 0.187 e. The van der Waals surface area contributed by atoms with Crippen LogP contribution in [0.25, 0.3) is 0 Å². The number of rotatable bonds is 0. The van der Waals surface area contributed by atoms with E-state index in [1.807, 2.05) is 0 Å². The summed E-state index contributed by atoms with van der Waals surface area (Å²) in [5, 5.41) is 0. The Bertz CT molecular complexity index is 11.6. The fourth-order valence-corrected chi connectivity index (χ4v) is 0. The van der Waals surface area contributed by atoms with E-state index in [2.05, 4.69) is 0 Å². The van der Waals surface area contributed by atoms with Crippen LogP contribution in [-0.4, -0.2) is 17.4 Å². The molecule has 0 amide bonds. The Morgan fingerprint density at radius 3 is 1.00 bits per heavy atom. The molecule has 0 bridgehead atoms. The first-order chi connectivity index (χ1) is 0. The van der Waals surface area contributed by atoms with Crippen LogP contribution in [0.4, 0.5) is 0 Å². The molecule has 1 radical (unpaired) electrons. The van der Waals surface area contributed by atoms with Crippen molar-refractivity contribution in [3.05, 3.63) is 0 Å². The predicted octanol–water partition coefficient (Wildman–Crippen LogP) is -1.19. The second-order valence-corrected chi connectivity index (χ2v) is 0. The molecule has 0 nitrogen and oxygen atoms in total. The van der Waals surface area contributed by atoms with E-state index >= 15 is 0 Å². The van der Waals surface area contributed by atoms with Gasteiger partial charge < -0.3 is 0 Å². The molecule has 0 N–H and O–H groups in total. The Kier molecular flexibility index (Phi) is 303. The van der Waals surface area contributed by atoms with E-state index in [1.54, 1.807) is 0 Å². The number of hydrogen-bond acceptors (Lipinski definition) is 0. The fraction of sp³-hybridized carbons (Fsp3) is 0. The Morgan fingerprint density at radius 2 is 1.00 bits per heavy atom. The van der Waals surface area contributed by atoms with Crippen molar-refractivity contribution in [3.8, 4) is 0 Å². The summed E-state index contributed by atoms with van der Waals surface area (Å²) in [5.41, 5.74) is 0. The topological polar surface area (TPSA) is 0 Å². The third-order valence-corrected chi connectivity index (χ3v) is 0. The molecule has 0 heterocycles. The van der Waals surface area contributed by atoms with Gasteiger partial charge in [0.25, 0.3) is 0 Å². The maximum atomic E-state index is 0. The van der Waals surface area contributed by atoms with Gasteiger partial charge in [-0.25, -0.2) is 0 Å². The van der Waals surface area contributed by atoms with Gasteiger partial charge in [0, 0.05) is 67.7 Å². The van der Waals surface area contributed by atoms with Gasteiger partial charge in [0.1, 0.15) is 0 Å². The molecule has 39 valence electrons. The molecule has 0 aliphatic rings. The molecule has 5 heteroatoms. The van der Waals surface area contributed by atoms with Gasteiger partial charge >= 0.3 is 0 Å². The summed E-state index contributed by atoms with van der Waals surface area (Å²) in [6.45, 7) is 0. The Balaban J connectivity index is 0. The molecule has 0 saturated carbocycles. The predicted molar refractivity (Wildman–Crippen MR) is 9.94 cm³/mol. The summed E-state index contributed by atoms with van der Waals surface area (Å²) in [6.07, 6.45) is 0. The van der Waals surface area contributed by atoms with Crippen molar-refractivity contribution < 1.29 is 67.7 Å². The molecule has 0 aromatic heterocycles. The van der Waals surface area contributed by atoms with Gasteiger partial charge in [-0.3, -0.25) is 0 Å². The second-order valence-electron chi connectivity index (χ2n) is 0. The molecule has 0 rings (SSSR count). The first-order valence-corrected chi connectivity index (χ1v) is 0. The average Bonchev–Trinajstić information content (AvgIpc) is 0. The zero-order valence-electron chi connectivity index (χ0n) is 1.41. The van der Waals surface area contributed by atoms with Crippen molar-refractivity contribution in [2.45, 2.75) is 0 Å². The van der Waals surface area contributed by atoms with Crippen molar-refractivity contribution in [1.29, 1.82) is 0 Å². The van der Waals surface area contributed by atoms with E-state index in [1.165, 1.54) is 0 Å². The van der Waals surface area contributed by atoms with E-state index in [0.29, 0.717) is 0 Å². The average molecular weight is 255 g/mol. The minimum absolute atomic E-state index is 0. The smallest absolute Gasteiger partial charge is 0 e. The van der Waals surface area contributed by atoms with Gasteiger partial charge in [-0.1, -0.05) is 0 Å². The number of hydrogen-bond donors (Lipinski definition) is 0. The van der Waals surface area contributed by atoms with Gasteiger partial charge in [0.05, 0.1) is 0 Å². The first-order valence-electron chi connectivity index (χ1n) is 0. The Morgan fingerprint density at radius 1 is 1.00 bits per heavy atom. The molecule has 0 aliphatic heterocycles. The summed E-state index contributed by atoms with van der Waals surface area (Å²) in [5.74, 6) is 0. The van der Waals surface area contributed by atoms with Crippen molar-refractivity contribution in [1.82, 2.24) is 0 Å². The zero-order chi connectivity index (χ0) is 0. The molecule has 5 heavy (non-hydrogen) atoms. The molecule has 0 aliphatic carbocycles. The van der Waals surface area contributed by atoms with E-state index in [0.717, 1.165) is 0 Å². The molecule has 0 aromatic rings. The van der Waals surface area contributed by atoms with E-state index in [9.17, 15) is 0 Å². The molecule has 0 fully saturated rings. The third kappa shape index (κ3) is 20.7. The fourth-order valence-electron chi connectivity index (χ4n) is 0. The third-order valence-electron chi connectivity index (χ3n) is 0. The normalized spacial score (nSPS) is 0. The summed E-state index contributed by atoms with van der Waals surface area (Å²) in [4.78, 5) is 0. The SMILES string of the molecule is [AlH3].[Co].[Cr].[Fe].[Ni]. The molecule has 0 unspecified atom stereocenters.